The smallest absolute Gasteiger partial charge is 0.204 e. The summed E-state index contributed by atoms with van der Waals surface area (Å²) in [6, 6.07) is 12.5. The van der Waals surface area contributed by atoms with Crippen LogP contribution in [0.4, 0.5) is 0 Å². The van der Waals surface area contributed by atoms with Crippen molar-refractivity contribution in [2.24, 2.45) is 0 Å². The van der Waals surface area contributed by atoms with Crippen LogP contribution < -0.4 is 19.6 Å². The summed E-state index contributed by atoms with van der Waals surface area (Å²) in [5.41, 5.74) is 0.957. The molecule has 5 nitrogen and oxygen atoms in total. The van der Waals surface area contributed by atoms with Crippen molar-refractivity contribution in [2.75, 3.05) is 20.8 Å². The van der Waals surface area contributed by atoms with Gasteiger partial charge in [-0.25, -0.2) is 0 Å². The molecule has 2 aromatic carbocycles. The van der Waals surface area contributed by atoms with E-state index in [0.717, 1.165) is 5.56 Å². The summed E-state index contributed by atoms with van der Waals surface area (Å²) in [7, 11) is 2.96. The van der Waals surface area contributed by atoms with Gasteiger partial charge >= 0.3 is 0 Å². The van der Waals surface area contributed by atoms with Gasteiger partial charge < -0.3 is 18.6 Å². The van der Waals surface area contributed by atoms with Crippen LogP contribution in [0.5, 0.6) is 17.2 Å². The SMILES string of the molecule is C=CCOc1cc2oc(-c3ccccc3)cc(=O)c2c(OC)c1OC. The van der Waals surface area contributed by atoms with Crippen LogP contribution in [0.1, 0.15) is 0 Å². The van der Waals surface area contributed by atoms with Gasteiger partial charge in [-0.15, -0.1) is 0 Å². The van der Waals surface area contributed by atoms with Crippen molar-refractivity contribution in [3.63, 3.8) is 0 Å². The Labute approximate surface area is 145 Å². The number of hydrogen-bond acceptors (Lipinski definition) is 5. The Morgan fingerprint density at radius 3 is 2.44 bits per heavy atom. The van der Waals surface area contributed by atoms with E-state index in [2.05, 4.69) is 6.58 Å². The largest absolute Gasteiger partial charge is 0.492 e. The minimum atomic E-state index is -0.217. The number of hydrogen-bond donors (Lipinski definition) is 0. The molecule has 128 valence electrons. The molecule has 25 heavy (non-hydrogen) atoms. The van der Waals surface area contributed by atoms with Gasteiger partial charge in [0, 0.05) is 17.7 Å². The molecule has 3 aromatic rings. The first-order chi connectivity index (χ1) is 12.2. The predicted octanol–water partition coefficient (Wildman–Crippen LogP) is 4.04. The van der Waals surface area contributed by atoms with Gasteiger partial charge in [0.25, 0.3) is 0 Å². The van der Waals surface area contributed by atoms with Crippen LogP contribution in [0, 0.1) is 0 Å². The maximum atomic E-state index is 12.7. The predicted molar refractivity (Wildman–Crippen MR) is 96.7 cm³/mol. The number of fused-ring (bicyclic) bond motifs is 1. The summed E-state index contributed by atoms with van der Waals surface area (Å²) in [5.74, 6) is 1.52. The molecule has 0 amide bonds. The Bertz CT molecular complexity index is 957. The lowest BCUT2D eigenvalue weighted by atomic mass is 10.1. The van der Waals surface area contributed by atoms with Crippen molar-refractivity contribution >= 4 is 11.0 Å². The minimum absolute atomic E-state index is 0.217. The molecule has 0 N–H and O–H groups in total. The average Bonchev–Trinajstić information content (AvgIpc) is 2.65. The van der Waals surface area contributed by atoms with Crippen LogP contribution in [0.2, 0.25) is 0 Å². The lowest BCUT2D eigenvalue weighted by Crippen LogP contribution is -2.06. The fraction of sp³-hybridized carbons (Fsp3) is 0.150. The lowest BCUT2D eigenvalue weighted by molar-refractivity contribution is 0.309. The average molecular weight is 338 g/mol. The summed E-state index contributed by atoms with van der Waals surface area (Å²) in [6.45, 7) is 3.92. The van der Waals surface area contributed by atoms with Crippen molar-refractivity contribution in [3.8, 4) is 28.6 Å². The fourth-order valence-electron chi connectivity index (χ4n) is 2.64. The standard InChI is InChI=1S/C20H18O5/c1-4-10-24-17-12-16-18(20(23-3)19(17)22-2)14(21)11-15(25-16)13-8-6-5-7-9-13/h4-9,11-12H,1,10H2,2-3H3. The Balaban J connectivity index is 2.29. The highest BCUT2D eigenvalue weighted by Crippen LogP contribution is 2.42. The van der Waals surface area contributed by atoms with E-state index < -0.39 is 0 Å². The first-order valence-corrected chi connectivity index (χ1v) is 7.71. The van der Waals surface area contributed by atoms with Crippen LogP contribution in [0.3, 0.4) is 0 Å². The molecule has 1 aromatic heterocycles. The molecule has 0 aliphatic carbocycles. The van der Waals surface area contributed by atoms with Gasteiger partial charge in [-0.05, 0) is 0 Å². The van der Waals surface area contributed by atoms with Crippen LogP contribution in [0.15, 0.2) is 64.3 Å². The number of methoxy groups -OCH3 is 2. The molecular formula is C20H18O5. The first kappa shape index (κ1) is 16.6. The van der Waals surface area contributed by atoms with Gasteiger partial charge in [0.2, 0.25) is 5.75 Å². The van der Waals surface area contributed by atoms with Gasteiger partial charge in [-0.1, -0.05) is 43.0 Å². The van der Waals surface area contributed by atoms with Crippen molar-refractivity contribution in [2.45, 2.75) is 0 Å². The molecule has 0 aliphatic rings. The van der Waals surface area contributed by atoms with E-state index in [1.807, 2.05) is 30.3 Å². The van der Waals surface area contributed by atoms with Crippen LogP contribution in [-0.2, 0) is 0 Å². The molecule has 0 fully saturated rings. The van der Waals surface area contributed by atoms with Crippen LogP contribution >= 0.6 is 0 Å². The number of rotatable bonds is 6. The van der Waals surface area contributed by atoms with Gasteiger partial charge in [0.15, 0.2) is 16.9 Å². The molecule has 5 heteroatoms. The van der Waals surface area contributed by atoms with Gasteiger partial charge in [-0.3, -0.25) is 4.79 Å². The molecule has 0 atom stereocenters. The van der Waals surface area contributed by atoms with E-state index in [9.17, 15) is 4.79 Å². The number of benzene rings is 2. The summed E-state index contributed by atoms with van der Waals surface area (Å²) in [4.78, 5) is 12.7. The zero-order valence-electron chi connectivity index (χ0n) is 14.1. The van der Waals surface area contributed by atoms with E-state index in [-0.39, 0.29) is 17.8 Å². The normalized spacial score (nSPS) is 10.5. The highest BCUT2D eigenvalue weighted by molar-refractivity contribution is 5.90. The van der Waals surface area contributed by atoms with E-state index >= 15 is 0 Å². The van der Waals surface area contributed by atoms with E-state index in [1.165, 1.54) is 20.3 Å². The minimum Gasteiger partial charge on any atom is -0.492 e. The second kappa shape index (κ2) is 7.13. The van der Waals surface area contributed by atoms with Gasteiger partial charge in [0.1, 0.15) is 23.3 Å². The number of ether oxygens (including phenoxy) is 3. The Morgan fingerprint density at radius 2 is 1.80 bits per heavy atom. The summed E-state index contributed by atoms with van der Waals surface area (Å²) < 4.78 is 22.4. The maximum absolute atomic E-state index is 12.7. The Hall–Kier alpha value is -3.21. The molecule has 0 aliphatic heterocycles. The third kappa shape index (κ3) is 3.08. The third-order valence-electron chi connectivity index (χ3n) is 3.72. The second-order valence-corrected chi connectivity index (χ2v) is 5.25. The molecule has 0 bridgehead atoms. The molecule has 0 radical (unpaired) electrons. The molecule has 0 spiro atoms. The van der Waals surface area contributed by atoms with Crippen molar-refractivity contribution < 1.29 is 18.6 Å². The molecule has 1 heterocycles. The van der Waals surface area contributed by atoms with E-state index in [4.69, 9.17) is 18.6 Å². The van der Waals surface area contributed by atoms with Crippen molar-refractivity contribution in [3.05, 3.63) is 65.3 Å². The topological polar surface area (TPSA) is 57.9 Å². The first-order valence-electron chi connectivity index (χ1n) is 7.71. The third-order valence-corrected chi connectivity index (χ3v) is 3.72. The molecule has 0 saturated heterocycles. The second-order valence-electron chi connectivity index (χ2n) is 5.25. The molecular weight excluding hydrogens is 320 g/mol. The maximum Gasteiger partial charge on any atom is 0.204 e. The monoisotopic (exact) mass is 338 g/mol. The lowest BCUT2D eigenvalue weighted by Gasteiger charge is -2.15. The molecule has 3 rings (SSSR count). The summed E-state index contributed by atoms with van der Waals surface area (Å²) in [6.07, 6.45) is 1.62. The van der Waals surface area contributed by atoms with E-state index in [1.54, 1.807) is 12.1 Å². The summed E-state index contributed by atoms with van der Waals surface area (Å²) in [5, 5.41) is 0.310. The van der Waals surface area contributed by atoms with Crippen molar-refractivity contribution in [1.82, 2.24) is 0 Å². The van der Waals surface area contributed by atoms with Crippen LogP contribution in [0.25, 0.3) is 22.3 Å². The zero-order valence-corrected chi connectivity index (χ0v) is 14.1. The molecule has 0 unspecified atom stereocenters. The van der Waals surface area contributed by atoms with Gasteiger partial charge in [0.05, 0.1) is 14.2 Å². The summed E-state index contributed by atoms with van der Waals surface area (Å²) >= 11 is 0. The highest BCUT2D eigenvalue weighted by Gasteiger charge is 2.21. The van der Waals surface area contributed by atoms with Crippen molar-refractivity contribution in [1.29, 1.82) is 0 Å². The van der Waals surface area contributed by atoms with Gasteiger partial charge in [-0.2, -0.15) is 0 Å². The van der Waals surface area contributed by atoms with Crippen LogP contribution in [-0.4, -0.2) is 20.8 Å². The fourth-order valence-corrected chi connectivity index (χ4v) is 2.64. The highest BCUT2D eigenvalue weighted by atomic mass is 16.5. The van der Waals surface area contributed by atoms with E-state index in [0.29, 0.717) is 28.2 Å². The Morgan fingerprint density at radius 1 is 1.08 bits per heavy atom. The zero-order chi connectivity index (χ0) is 17.8. The Kier molecular flexibility index (Phi) is 4.75. The quantitative estimate of drug-likeness (QED) is 0.635. The molecule has 0 saturated carbocycles.